The molecule has 0 N–H and O–H groups in total. The van der Waals surface area contributed by atoms with Crippen LogP contribution in [0.15, 0.2) is 0 Å². The van der Waals surface area contributed by atoms with Gasteiger partial charge in [0, 0.05) is 0 Å². The maximum atomic E-state index is 0. The zero-order valence-electron chi connectivity index (χ0n) is 2.20. The molecule has 6 heavy (non-hydrogen) atoms. The van der Waals surface area contributed by atoms with E-state index in [9.17, 15) is 0 Å². The third kappa shape index (κ3) is 45.3. The Labute approximate surface area is 72.1 Å². The number of hydrogen-bond donors (Lipinski definition) is 0. The maximum absolute atomic E-state index is 0. The normalized spacial score (nSPS) is 0. The van der Waals surface area contributed by atoms with E-state index in [4.69, 9.17) is 0 Å². The molecular weight excluding hydrogens is 270 g/mol. The molecule has 0 aliphatic carbocycles. The smallest absolute Gasteiger partial charge is 2.00 e. The van der Waals surface area contributed by atoms with E-state index >= 15 is 0 Å². The average Bonchev–Trinajstić information content (AvgIpc) is 0. The van der Waals surface area contributed by atoms with Gasteiger partial charge in [-0.2, -0.15) is 0 Å². The summed E-state index contributed by atoms with van der Waals surface area (Å²) in [6.07, 6.45) is 0. The van der Waals surface area contributed by atoms with Gasteiger partial charge in [0.15, 0.2) is 0 Å². The van der Waals surface area contributed by atoms with Crippen molar-refractivity contribution in [2.24, 2.45) is 0 Å². The minimum atomic E-state index is 0. The Morgan fingerprint density at radius 2 is 0.667 bits per heavy atom. The zero-order chi connectivity index (χ0) is 0. The van der Waals surface area contributed by atoms with Gasteiger partial charge in [0.05, 0.1) is 0 Å². The van der Waals surface area contributed by atoms with Crippen molar-refractivity contribution in [3.8, 4) is 0 Å². The van der Waals surface area contributed by atoms with Crippen LogP contribution in [0.1, 0.15) is 0 Å². The van der Waals surface area contributed by atoms with E-state index in [0.29, 0.717) is 0 Å². The molecular formula is AgFeNiO3. The summed E-state index contributed by atoms with van der Waals surface area (Å²) in [5, 5.41) is 0. The van der Waals surface area contributed by atoms with Crippen LogP contribution >= 0.6 is 0 Å². The first-order valence-corrected chi connectivity index (χ1v) is 0. The van der Waals surface area contributed by atoms with Crippen molar-refractivity contribution in [2.45, 2.75) is 0 Å². The van der Waals surface area contributed by atoms with E-state index in [0.717, 1.165) is 0 Å². The van der Waals surface area contributed by atoms with Gasteiger partial charge in [0.2, 0.25) is 0 Å². The fraction of sp³-hybridized carbons (Fsp3) is 0. The van der Waals surface area contributed by atoms with Crippen LogP contribution in [0, 0.1) is 0 Å². The molecule has 0 aliphatic heterocycles. The molecule has 0 aromatic rings. The Hall–Kier alpha value is 1.63. The molecule has 0 amide bonds. The molecule has 3 nitrogen and oxygen atoms in total. The fourth-order valence-corrected chi connectivity index (χ4v) is 0. The standard InChI is InChI=1S/Ag.Fe.Ni.3O/q+1;+3;+2;3*-2. The Balaban J connectivity index is 0. The minimum Gasteiger partial charge on any atom is -2.00 e. The molecule has 6 heteroatoms. The van der Waals surface area contributed by atoms with Gasteiger partial charge in [-0.15, -0.1) is 0 Å². The summed E-state index contributed by atoms with van der Waals surface area (Å²) >= 11 is 0. The van der Waals surface area contributed by atoms with E-state index < -0.39 is 0 Å². The molecule has 0 unspecified atom stereocenters. The monoisotopic (exact) mass is 269 g/mol. The summed E-state index contributed by atoms with van der Waals surface area (Å²) in [4.78, 5) is 0. The number of hydrogen-bond acceptors (Lipinski definition) is 0. The third-order valence-electron chi connectivity index (χ3n) is 0. The van der Waals surface area contributed by atoms with Crippen molar-refractivity contribution in [1.82, 2.24) is 0 Å². The predicted molar refractivity (Wildman–Crippen MR) is 2.06 cm³/mol. The Morgan fingerprint density at radius 3 is 0.667 bits per heavy atom. The van der Waals surface area contributed by atoms with Crippen LogP contribution in [0.2, 0.25) is 0 Å². The molecule has 0 aromatic carbocycles. The van der Waals surface area contributed by atoms with E-state index in [1.165, 1.54) is 0 Å². The second kappa shape index (κ2) is 78.9. The van der Waals surface area contributed by atoms with Crippen LogP contribution < -0.4 is 0 Å². The average molecular weight is 270 g/mol. The first kappa shape index (κ1) is 126. The topological polar surface area (TPSA) is 85.5 Å². The summed E-state index contributed by atoms with van der Waals surface area (Å²) in [6, 6.07) is 0. The van der Waals surface area contributed by atoms with Crippen molar-refractivity contribution >= 4 is 0 Å². The number of rotatable bonds is 0. The van der Waals surface area contributed by atoms with Crippen LogP contribution in [0.4, 0.5) is 0 Å². The van der Waals surface area contributed by atoms with Gasteiger partial charge in [-0.25, -0.2) is 0 Å². The second-order valence-corrected chi connectivity index (χ2v) is 0. The summed E-state index contributed by atoms with van der Waals surface area (Å²) in [5.74, 6) is 0. The first-order chi connectivity index (χ1) is 0. The molecule has 0 rings (SSSR count). The molecule has 0 saturated heterocycles. The van der Waals surface area contributed by atoms with Crippen LogP contribution in [0.25, 0.3) is 0 Å². The zero-order valence-corrected chi connectivity index (χ0v) is 5.77. The minimum absolute atomic E-state index is 0. The Bertz CT molecular complexity index is 10.8. The molecule has 0 aliphatic rings. The van der Waals surface area contributed by atoms with E-state index in [1.807, 2.05) is 0 Å². The molecule has 0 aromatic heterocycles. The van der Waals surface area contributed by atoms with E-state index in [-0.39, 0.29) is 72.4 Å². The van der Waals surface area contributed by atoms with Crippen molar-refractivity contribution in [2.75, 3.05) is 0 Å². The van der Waals surface area contributed by atoms with Gasteiger partial charge >= 0.3 is 55.9 Å². The first-order valence-electron chi connectivity index (χ1n) is 0. The van der Waals surface area contributed by atoms with Crippen LogP contribution in [-0.2, 0) is 72.4 Å². The fourth-order valence-electron chi connectivity index (χ4n) is 0. The van der Waals surface area contributed by atoms with Crippen LogP contribution in [-0.4, -0.2) is 0 Å². The Morgan fingerprint density at radius 1 is 0.667 bits per heavy atom. The van der Waals surface area contributed by atoms with E-state index in [1.54, 1.807) is 0 Å². The van der Waals surface area contributed by atoms with Gasteiger partial charge in [0.1, 0.15) is 0 Å². The largest absolute Gasteiger partial charge is 3.00 e. The van der Waals surface area contributed by atoms with Gasteiger partial charge in [-0.05, 0) is 0 Å². The molecule has 1 radical (unpaired) electrons. The van der Waals surface area contributed by atoms with Crippen molar-refractivity contribution in [3.63, 3.8) is 0 Å². The van der Waals surface area contributed by atoms with Gasteiger partial charge < -0.3 is 16.4 Å². The summed E-state index contributed by atoms with van der Waals surface area (Å²) in [7, 11) is 0. The van der Waals surface area contributed by atoms with E-state index in [2.05, 4.69) is 0 Å². The van der Waals surface area contributed by atoms with Gasteiger partial charge in [-0.1, -0.05) is 0 Å². The quantitative estimate of drug-likeness (QED) is 0.538. The molecule has 47 valence electrons. The SMILES string of the molecule is [Ag+].[Fe+3].[Ni+2].[O-2].[O-2].[O-2]. The second-order valence-electron chi connectivity index (χ2n) is 0. The van der Waals surface area contributed by atoms with Gasteiger partial charge in [0.25, 0.3) is 0 Å². The molecule has 0 fully saturated rings. The molecule has 0 saturated carbocycles. The van der Waals surface area contributed by atoms with Crippen molar-refractivity contribution in [1.29, 1.82) is 0 Å². The Kier molecular flexibility index (Phi) is 1660. The van der Waals surface area contributed by atoms with Crippen LogP contribution in [0.3, 0.4) is 0 Å². The summed E-state index contributed by atoms with van der Waals surface area (Å²) in [6.45, 7) is 0. The van der Waals surface area contributed by atoms with Gasteiger partial charge in [-0.3, -0.25) is 0 Å². The molecule has 0 spiro atoms. The van der Waals surface area contributed by atoms with Crippen molar-refractivity contribution < 1.29 is 72.4 Å². The molecule has 0 bridgehead atoms. The summed E-state index contributed by atoms with van der Waals surface area (Å²) in [5.41, 5.74) is 0. The maximum Gasteiger partial charge on any atom is 3.00 e. The van der Waals surface area contributed by atoms with Crippen LogP contribution in [0.5, 0.6) is 0 Å². The summed E-state index contributed by atoms with van der Waals surface area (Å²) < 4.78 is 0. The van der Waals surface area contributed by atoms with Crippen molar-refractivity contribution in [3.05, 3.63) is 0 Å². The predicted octanol–water partition coefficient (Wildman–Crippen LogP) is -0.364. The molecule has 0 atom stereocenters. The molecule has 0 heterocycles. The third-order valence-corrected chi connectivity index (χ3v) is 0.